The second kappa shape index (κ2) is 11.2. The number of hydrogen-bond acceptors (Lipinski definition) is 4. The highest BCUT2D eigenvalue weighted by atomic mass is 28.5. The molecule has 4 aromatic carbocycles. The Labute approximate surface area is 224 Å². The summed E-state index contributed by atoms with van der Waals surface area (Å²) in [6, 6.07) is 37.0. The van der Waals surface area contributed by atoms with Crippen molar-refractivity contribution >= 4 is 25.7 Å². The summed E-state index contributed by atoms with van der Waals surface area (Å²) in [6.07, 6.45) is 0. The Bertz CT molecular complexity index is 1170. The van der Waals surface area contributed by atoms with Crippen molar-refractivity contribution in [1.29, 1.82) is 0 Å². The average molecular weight is 545 g/mol. The summed E-state index contributed by atoms with van der Waals surface area (Å²) in [6.45, 7) is 12.4. The van der Waals surface area contributed by atoms with E-state index >= 15 is 0 Å². The van der Waals surface area contributed by atoms with Crippen LogP contribution in [-0.2, 0) is 8.23 Å². The van der Waals surface area contributed by atoms with Crippen LogP contribution in [-0.4, -0.2) is 25.7 Å². The van der Waals surface area contributed by atoms with Crippen molar-refractivity contribution in [3.05, 3.63) is 109 Å². The van der Waals surface area contributed by atoms with Crippen molar-refractivity contribution < 1.29 is 17.1 Å². The average Bonchev–Trinajstić information content (AvgIpc) is 2.84. The molecular weight excluding hydrogens is 509 g/mol. The lowest BCUT2D eigenvalue weighted by Crippen LogP contribution is -2.56. The van der Waals surface area contributed by atoms with Crippen LogP contribution in [0.3, 0.4) is 0 Å². The third-order valence-electron chi connectivity index (χ3n) is 5.63. The normalized spacial score (nSPS) is 12.3. The Morgan fingerprint density at radius 3 is 0.973 bits per heavy atom. The molecular formula is C30H36O4Si3. The molecule has 0 bridgehead atoms. The van der Waals surface area contributed by atoms with E-state index in [2.05, 4.69) is 87.8 Å². The molecule has 4 rings (SSSR count). The zero-order valence-corrected chi connectivity index (χ0v) is 25.5. The van der Waals surface area contributed by atoms with Crippen molar-refractivity contribution in [2.45, 2.75) is 39.3 Å². The molecule has 0 radical (unpaired) electrons. The van der Waals surface area contributed by atoms with Gasteiger partial charge in [-0.3, -0.25) is 0 Å². The minimum atomic E-state index is -2.54. The fourth-order valence-corrected chi connectivity index (χ4v) is 16.3. The van der Waals surface area contributed by atoms with E-state index in [1.54, 1.807) is 0 Å². The van der Waals surface area contributed by atoms with E-state index in [-0.39, 0.29) is 0 Å². The third-order valence-corrected chi connectivity index (χ3v) is 15.0. The molecule has 192 valence electrons. The number of benzene rings is 4. The molecule has 0 fully saturated rings. The molecule has 0 atom stereocenters. The molecule has 0 aliphatic heterocycles. The van der Waals surface area contributed by atoms with Gasteiger partial charge in [-0.2, -0.15) is 0 Å². The number of rotatable bonds is 10. The van der Waals surface area contributed by atoms with Crippen LogP contribution in [0.25, 0.3) is 22.3 Å². The van der Waals surface area contributed by atoms with E-state index in [9.17, 15) is 0 Å². The van der Waals surface area contributed by atoms with E-state index in [0.29, 0.717) is 0 Å². The first-order valence-corrected chi connectivity index (χ1v) is 21.0. The predicted molar refractivity (Wildman–Crippen MR) is 160 cm³/mol. The van der Waals surface area contributed by atoms with Gasteiger partial charge in [-0.25, -0.2) is 0 Å². The van der Waals surface area contributed by atoms with Crippen LogP contribution in [0, 0.1) is 0 Å². The van der Waals surface area contributed by atoms with E-state index in [4.69, 9.17) is 17.1 Å². The summed E-state index contributed by atoms with van der Waals surface area (Å²) in [4.78, 5) is 0. The molecule has 4 nitrogen and oxygen atoms in total. The molecule has 4 aromatic rings. The highest BCUT2D eigenvalue weighted by Gasteiger charge is 2.43. The van der Waals surface area contributed by atoms with Gasteiger partial charge in [0.25, 0.3) is 0 Å². The minimum absolute atomic E-state index is 0.812. The Kier molecular flexibility index (Phi) is 8.20. The molecule has 0 unspecified atom stereocenters. The second-order valence-electron chi connectivity index (χ2n) is 10.4. The standard InChI is InChI=1S/C30H36O4Si3/c1-35(2,31-29-21-17-27(18-22-29)25-13-9-7-10-14-25)33-37(5,6)34-36(3,4)32-30-23-19-28(20-24-30)26-15-11-8-12-16-26/h7-24H,1-6H3. The maximum atomic E-state index is 6.58. The highest BCUT2D eigenvalue weighted by Crippen LogP contribution is 2.28. The lowest BCUT2D eigenvalue weighted by molar-refractivity contribution is 0.302. The predicted octanol–water partition coefficient (Wildman–Crippen LogP) is 8.62. The van der Waals surface area contributed by atoms with Gasteiger partial charge in [0.15, 0.2) is 0 Å². The molecule has 0 aliphatic carbocycles. The van der Waals surface area contributed by atoms with Crippen LogP contribution in [0.1, 0.15) is 0 Å². The van der Waals surface area contributed by atoms with Gasteiger partial charge in [0.05, 0.1) is 0 Å². The summed E-state index contributed by atoms with van der Waals surface area (Å²) >= 11 is 0. The fraction of sp³-hybridized carbons (Fsp3) is 0.200. The Hall–Kier alpha value is -2.95. The van der Waals surface area contributed by atoms with Crippen LogP contribution >= 0.6 is 0 Å². The smallest absolute Gasteiger partial charge is 0.383 e. The van der Waals surface area contributed by atoms with Crippen LogP contribution in [0.4, 0.5) is 0 Å². The molecule has 37 heavy (non-hydrogen) atoms. The van der Waals surface area contributed by atoms with Crippen LogP contribution in [0.5, 0.6) is 11.5 Å². The minimum Gasteiger partial charge on any atom is -0.521 e. The van der Waals surface area contributed by atoms with Crippen molar-refractivity contribution in [1.82, 2.24) is 0 Å². The Balaban J connectivity index is 1.35. The summed E-state index contributed by atoms with van der Waals surface area (Å²) < 4.78 is 25.9. The van der Waals surface area contributed by atoms with E-state index in [1.165, 1.54) is 11.1 Å². The molecule has 0 N–H and O–H groups in total. The zero-order valence-electron chi connectivity index (χ0n) is 22.5. The van der Waals surface area contributed by atoms with Crippen molar-refractivity contribution in [2.24, 2.45) is 0 Å². The molecule has 0 spiro atoms. The molecule has 7 heteroatoms. The van der Waals surface area contributed by atoms with Crippen LogP contribution in [0.15, 0.2) is 109 Å². The SMILES string of the molecule is C[Si](C)(Oc1ccc(-c2ccccc2)cc1)O[Si](C)(C)O[Si](C)(C)Oc1ccc(-c2ccccc2)cc1. The largest absolute Gasteiger partial charge is 0.521 e. The molecule has 0 heterocycles. The quantitative estimate of drug-likeness (QED) is 0.187. The fourth-order valence-electron chi connectivity index (χ4n) is 4.51. The van der Waals surface area contributed by atoms with Gasteiger partial charge in [-0.05, 0) is 85.8 Å². The van der Waals surface area contributed by atoms with Gasteiger partial charge in [0.2, 0.25) is 0 Å². The van der Waals surface area contributed by atoms with Crippen molar-refractivity contribution in [3.8, 4) is 33.8 Å². The molecule has 0 aromatic heterocycles. The Morgan fingerprint density at radius 2 is 0.649 bits per heavy atom. The summed E-state index contributed by atoms with van der Waals surface area (Å²) in [5, 5.41) is 0. The van der Waals surface area contributed by atoms with E-state index in [0.717, 1.165) is 22.6 Å². The molecule has 0 saturated heterocycles. The van der Waals surface area contributed by atoms with Gasteiger partial charge in [-0.1, -0.05) is 84.9 Å². The van der Waals surface area contributed by atoms with E-state index < -0.39 is 25.7 Å². The van der Waals surface area contributed by atoms with Crippen LogP contribution < -0.4 is 8.85 Å². The van der Waals surface area contributed by atoms with Gasteiger partial charge in [0.1, 0.15) is 11.5 Å². The van der Waals surface area contributed by atoms with Gasteiger partial charge >= 0.3 is 25.7 Å². The summed E-state index contributed by atoms with van der Waals surface area (Å²) in [7, 11) is -7.55. The monoisotopic (exact) mass is 544 g/mol. The molecule has 0 amide bonds. The number of hydrogen-bond donors (Lipinski definition) is 0. The summed E-state index contributed by atoms with van der Waals surface area (Å²) in [5.41, 5.74) is 4.69. The van der Waals surface area contributed by atoms with Crippen molar-refractivity contribution in [2.75, 3.05) is 0 Å². The lowest BCUT2D eigenvalue weighted by Gasteiger charge is -2.37. The molecule has 0 saturated carbocycles. The third kappa shape index (κ3) is 8.02. The molecule has 0 aliphatic rings. The maximum Gasteiger partial charge on any atom is 0.383 e. The van der Waals surface area contributed by atoms with Gasteiger partial charge in [0, 0.05) is 0 Å². The second-order valence-corrected chi connectivity index (χ2v) is 20.8. The van der Waals surface area contributed by atoms with Crippen LogP contribution in [0.2, 0.25) is 39.3 Å². The van der Waals surface area contributed by atoms with Gasteiger partial charge < -0.3 is 17.1 Å². The zero-order chi connectivity index (χ0) is 26.5. The first kappa shape index (κ1) is 27.1. The first-order valence-electron chi connectivity index (χ1n) is 12.6. The van der Waals surface area contributed by atoms with Gasteiger partial charge in [-0.15, -0.1) is 0 Å². The van der Waals surface area contributed by atoms with E-state index in [1.807, 2.05) is 60.7 Å². The topological polar surface area (TPSA) is 36.9 Å². The van der Waals surface area contributed by atoms with Crippen molar-refractivity contribution in [3.63, 3.8) is 0 Å². The maximum absolute atomic E-state index is 6.58. The highest BCUT2D eigenvalue weighted by molar-refractivity contribution is 6.84. The Morgan fingerprint density at radius 1 is 0.351 bits per heavy atom. The lowest BCUT2D eigenvalue weighted by atomic mass is 10.1. The first-order chi connectivity index (χ1) is 17.5. The summed E-state index contributed by atoms with van der Waals surface area (Å²) in [5.74, 6) is 1.62.